The first-order valence-corrected chi connectivity index (χ1v) is 11.6. The van der Waals surface area contributed by atoms with Gasteiger partial charge in [-0.25, -0.2) is 8.42 Å². The van der Waals surface area contributed by atoms with Crippen molar-refractivity contribution >= 4 is 26.8 Å². The molecular formula is C20H26N4O6S. The van der Waals surface area contributed by atoms with Crippen molar-refractivity contribution in [2.24, 2.45) is 0 Å². The van der Waals surface area contributed by atoms with E-state index in [0.717, 1.165) is 5.56 Å². The largest absolute Gasteiger partial charge is 0.496 e. The van der Waals surface area contributed by atoms with E-state index in [2.05, 4.69) is 15.0 Å². The third-order valence-corrected chi connectivity index (χ3v) is 6.39. The zero-order valence-electron chi connectivity index (χ0n) is 17.7. The third-order valence-electron chi connectivity index (χ3n) is 4.98. The van der Waals surface area contributed by atoms with Crippen molar-refractivity contribution in [3.8, 4) is 5.75 Å². The molecule has 0 radical (unpaired) electrons. The zero-order chi connectivity index (χ0) is 22.1. The summed E-state index contributed by atoms with van der Waals surface area (Å²) in [5.41, 5.74) is 0.406. The molecule has 3 heterocycles. The van der Waals surface area contributed by atoms with Gasteiger partial charge in [0.15, 0.2) is 11.4 Å². The number of anilines is 1. The first-order valence-electron chi connectivity index (χ1n) is 9.99. The Kier molecular flexibility index (Phi) is 5.91. The number of nitrogens with one attached hydrogen (secondary N) is 1. The van der Waals surface area contributed by atoms with E-state index in [1.54, 1.807) is 16.9 Å². The number of hydrogen-bond acceptors (Lipinski definition) is 8. The van der Waals surface area contributed by atoms with E-state index in [9.17, 15) is 8.42 Å². The summed E-state index contributed by atoms with van der Waals surface area (Å²) in [5, 5.41) is 8.59. The number of rotatable bonds is 9. The van der Waals surface area contributed by atoms with Crippen LogP contribution in [-0.4, -0.2) is 61.1 Å². The molecule has 1 N–H and O–H groups in total. The number of benzene rings is 1. The van der Waals surface area contributed by atoms with Crippen molar-refractivity contribution in [3.63, 3.8) is 0 Å². The molecule has 0 aliphatic carbocycles. The summed E-state index contributed by atoms with van der Waals surface area (Å²) in [4.78, 5) is 0. The van der Waals surface area contributed by atoms with Gasteiger partial charge in [-0.05, 0) is 37.6 Å². The lowest BCUT2D eigenvalue weighted by molar-refractivity contribution is -0.0669. The fourth-order valence-corrected chi connectivity index (χ4v) is 5.35. The van der Waals surface area contributed by atoms with Gasteiger partial charge in [-0.3, -0.25) is 9.40 Å². The molecule has 31 heavy (non-hydrogen) atoms. The Morgan fingerprint density at radius 1 is 1.35 bits per heavy atom. The van der Waals surface area contributed by atoms with Crippen LogP contribution < -0.4 is 9.46 Å². The lowest BCUT2D eigenvalue weighted by Gasteiger charge is -2.29. The Hall–Kier alpha value is -2.63. The minimum Gasteiger partial charge on any atom is -0.496 e. The number of sulfonamides is 1. The lowest BCUT2D eigenvalue weighted by Crippen LogP contribution is -2.44. The predicted octanol–water partition coefficient (Wildman–Crippen LogP) is 2.41. The number of ether oxygens (including phenoxy) is 3. The predicted molar refractivity (Wildman–Crippen MR) is 114 cm³/mol. The van der Waals surface area contributed by atoms with E-state index in [1.807, 2.05) is 32.2 Å². The Morgan fingerprint density at radius 2 is 2.19 bits per heavy atom. The molecule has 1 atom stereocenters. The van der Waals surface area contributed by atoms with Crippen molar-refractivity contribution in [1.29, 1.82) is 0 Å². The van der Waals surface area contributed by atoms with E-state index in [4.69, 9.17) is 18.7 Å². The normalized spacial score (nSPS) is 19.4. The molecule has 1 fully saturated rings. The summed E-state index contributed by atoms with van der Waals surface area (Å²) >= 11 is 0. The Labute approximate surface area is 180 Å². The maximum Gasteiger partial charge on any atom is 0.236 e. The Morgan fingerprint density at radius 3 is 2.84 bits per heavy atom. The summed E-state index contributed by atoms with van der Waals surface area (Å²) in [6.07, 6.45) is 3.92. The average Bonchev–Trinajstić information content (AvgIpc) is 3.43. The van der Waals surface area contributed by atoms with Crippen LogP contribution in [0.15, 0.2) is 35.1 Å². The summed E-state index contributed by atoms with van der Waals surface area (Å²) in [6.45, 7) is 4.94. The molecule has 3 aromatic rings. The SMILES string of the molecule is COc1cc(Cn2cccn2)cc2onc(NS(=O)(=O)CC3(OC(C)C)CCOC3)c12. The second-order valence-electron chi connectivity index (χ2n) is 7.92. The smallest absolute Gasteiger partial charge is 0.236 e. The van der Waals surface area contributed by atoms with Crippen molar-refractivity contribution in [2.45, 2.75) is 38.5 Å². The molecule has 1 aromatic carbocycles. The first kappa shape index (κ1) is 21.6. The van der Waals surface area contributed by atoms with Crippen LogP contribution in [0.4, 0.5) is 5.82 Å². The number of nitrogens with zero attached hydrogens (tertiary/aromatic N) is 3. The number of methoxy groups -OCH3 is 1. The first-order chi connectivity index (χ1) is 14.8. The topological polar surface area (TPSA) is 118 Å². The molecule has 1 saturated heterocycles. The average molecular weight is 451 g/mol. The van der Waals surface area contributed by atoms with Gasteiger partial charge in [-0.2, -0.15) is 5.10 Å². The molecular weight excluding hydrogens is 424 g/mol. The van der Waals surface area contributed by atoms with Gasteiger partial charge < -0.3 is 18.7 Å². The van der Waals surface area contributed by atoms with E-state index in [0.29, 0.717) is 36.3 Å². The second-order valence-corrected chi connectivity index (χ2v) is 9.64. The molecule has 11 heteroatoms. The minimum atomic E-state index is -3.81. The van der Waals surface area contributed by atoms with Crippen LogP contribution in [0.1, 0.15) is 25.8 Å². The van der Waals surface area contributed by atoms with E-state index in [1.165, 1.54) is 7.11 Å². The maximum absolute atomic E-state index is 13.0. The molecule has 0 amide bonds. The van der Waals surface area contributed by atoms with Crippen LogP contribution in [0.25, 0.3) is 11.0 Å². The van der Waals surface area contributed by atoms with Gasteiger partial charge in [-0.15, -0.1) is 0 Å². The third kappa shape index (κ3) is 4.83. The van der Waals surface area contributed by atoms with Gasteiger partial charge >= 0.3 is 0 Å². The number of hydrogen-bond donors (Lipinski definition) is 1. The van der Waals surface area contributed by atoms with Crippen molar-refractivity contribution < 1.29 is 27.2 Å². The lowest BCUT2D eigenvalue weighted by atomic mass is 10.1. The van der Waals surface area contributed by atoms with Gasteiger partial charge in [0.1, 0.15) is 22.5 Å². The van der Waals surface area contributed by atoms with Crippen LogP contribution in [0, 0.1) is 0 Å². The van der Waals surface area contributed by atoms with E-state index in [-0.39, 0.29) is 24.3 Å². The number of aromatic nitrogens is 3. The fourth-order valence-electron chi connectivity index (χ4n) is 3.85. The molecule has 2 aromatic heterocycles. The van der Waals surface area contributed by atoms with E-state index >= 15 is 0 Å². The van der Waals surface area contributed by atoms with Gasteiger partial charge in [0.2, 0.25) is 10.0 Å². The molecule has 0 bridgehead atoms. The molecule has 1 aliphatic heterocycles. The highest BCUT2D eigenvalue weighted by Gasteiger charge is 2.41. The van der Waals surface area contributed by atoms with Crippen LogP contribution in [-0.2, 0) is 26.0 Å². The van der Waals surface area contributed by atoms with Gasteiger partial charge in [-0.1, -0.05) is 5.16 Å². The molecule has 168 valence electrons. The summed E-state index contributed by atoms with van der Waals surface area (Å²) in [5.74, 6) is 0.290. The molecule has 4 rings (SSSR count). The minimum absolute atomic E-state index is 0.0797. The standard InChI is InChI=1S/C20H26N4O6S/c1-14(2)29-20(5-8-28-12-20)13-31(25,26)23-19-18-16(27-3)9-15(10-17(18)30-22-19)11-24-7-4-6-21-24/h4,6-7,9-10,14H,5,8,11-13H2,1-3H3,(H,22,23). The quantitative estimate of drug-likeness (QED) is 0.528. The monoisotopic (exact) mass is 450 g/mol. The Bertz CT molecular complexity index is 1130. The molecule has 0 spiro atoms. The molecule has 10 nitrogen and oxygen atoms in total. The zero-order valence-corrected chi connectivity index (χ0v) is 18.5. The second kappa shape index (κ2) is 8.48. The molecule has 1 aliphatic rings. The highest BCUT2D eigenvalue weighted by Crippen LogP contribution is 2.35. The number of fused-ring (bicyclic) bond motifs is 1. The van der Waals surface area contributed by atoms with E-state index < -0.39 is 15.6 Å². The molecule has 0 saturated carbocycles. The van der Waals surface area contributed by atoms with Crippen LogP contribution in [0.5, 0.6) is 5.75 Å². The summed E-state index contributed by atoms with van der Waals surface area (Å²) in [6, 6.07) is 5.44. The van der Waals surface area contributed by atoms with Crippen LogP contribution >= 0.6 is 0 Å². The van der Waals surface area contributed by atoms with Crippen LogP contribution in [0.2, 0.25) is 0 Å². The fraction of sp³-hybridized carbons (Fsp3) is 0.500. The van der Waals surface area contributed by atoms with Gasteiger partial charge in [0.25, 0.3) is 0 Å². The van der Waals surface area contributed by atoms with Crippen LogP contribution in [0.3, 0.4) is 0 Å². The van der Waals surface area contributed by atoms with Crippen molar-refractivity contribution in [3.05, 3.63) is 36.2 Å². The molecule has 1 unspecified atom stereocenters. The van der Waals surface area contributed by atoms with Crippen molar-refractivity contribution in [2.75, 3.05) is 30.8 Å². The van der Waals surface area contributed by atoms with Gasteiger partial charge in [0, 0.05) is 25.4 Å². The highest BCUT2D eigenvalue weighted by atomic mass is 32.2. The maximum atomic E-state index is 13.0. The van der Waals surface area contributed by atoms with Crippen molar-refractivity contribution in [1.82, 2.24) is 14.9 Å². The summed E-state index contributed by atoms with van der Waals surface area (Å²) < 4.78 is 52.5. The highest BCUT2D eigenvalue weighted by molar-refractivity contribution is 7.92. The van der Waals surface area contributed by atoms with Gasteiger partial charge in [0.05, 0.1) is 26.4 Å². The Balaban J connectivity index is 1.60. The summed E-state index contributed by atoms with van der Waals surface area (Å²) in [7, 11) is -2.29.